The molecule has 0 radical (unpaired) electrons. The number of anilines is 3. The molecule has 1 N–H and O–H groups in total. The predicted octanol–water partition coefficient (Wildman–Crippen LogP) is 5.88. The van der Waals surface area contributed by atoms with Gasteiger partial charge < -0.3 is 10.2 Å². The van der Waals surface area contributed by atoms with E-state index in [0.29, 0.717) is 0 Å². The van der Waals surface area contributed by atoms with E-state index in [0.717, 1.165) is 16.5 Å². The number of para-hydroxylation sites is 1. The van der Waals surface area contributed by atoms with E-state index in [4.69, 9.17) is 4.98 Å². The van der Waals surface area contributed by atoms with Gasteiger partial charge in [-0.1, -0.05) is 24.3 Å². The maximum Gasteiger partial charge on any atom is 0.187 e. The van der Waals surface area contributed by atoms with Crippen LogP contribution in [0.1, 0.15) is 12.8 Å². The second-order valence-corrected chi connectivity index (χ2v) is 7.81. The summed E-state index contributed by atoms with van der Waals surface area (Å²) in [7, 11) is 0. The summed E-state index contributed by atoms with van der Waals surface area (Å²) in [5.41, 5.74) is 4.64. The lowest BCUT2D eigenvalue weighted by atomic mass is 10.1. The Bertz CT molecular complexity index is 836. The van der Waals surface area contributed by atoms with Crippen LogP contribution in [-0.4, -0.2) is 24.3 Å². The highest BCUT2D eigenvalue weighted by atomic mass is 32.2. The predicted molar refractivity (Wildman–Crippen MR) is 111 cm³/mol. The minimum absolute atomic E-state index is 0.931. The number of rotatable bonds is 5. The van der Waals surface area contributed by atoms with E-state index in [1.165, 1.54) is 42.1 Å². The van der Waals surface area contributed by atoms with E-state index in [1.54, 1.807) is 23.1 Å². The largest absolute Gasteiger partial charge is 0.372 e. The maximum absolute atomic E-state index is 4.76. The lowest BCUT2D eigenvalue weighted by molar-refractivity contribution is 0.949. The Balaban J connectivity index is 1.51. The molecule has 1 aromatic heterocycles. The van der Waals surface area contributed by atoms with E-state index in [2.05, 4.69) is 64.3 Å². The van der Waals surface area contributed by atoms with E-state index in [9.17, 15) is 0 Å². The van der Waals surface area contributed by atoms with Gasteiger partial charge in [0.2, 0.25) is 0 Å². The molecule has 0 unspecified atom stereocenters. The number of hydrogen-bond acceptors (Lipinski definition) is 5. The van der Waals surface area contributed by atoms with Gasteiger partial charge in [-0.2, -0.15) is 0 Å². The highest BCUT2D eigenvalue weighted by Crippen LogP contribution is 2.32. The van der Waals surface area contributed by atoms with Gasteiger partial charge in [0.05, 0.1) is 11.4 Å². The molecule has 4 rings (SSSR count). The number of hydrogen-bond donors (Lipinski definition) is 1. The van der Waals surface area contributed by atoms with E-state index >= 15 is 0 Å². The van der Waals surface area contributed by atoms with Gasteiger partial charge in [-0.15, -0.1) is 23.1 Å². The van der Waals surface area contributed by atoms with Crippen LogP contribution in [0.4, 0.5) is 16.5 Å². The van der Waals surface area contributed by atoms with Crippen LogP contribution in [0.2, 0.25) is 0 Å². The monoisotopic (exact) mass is 367 g/mol. The zero-order valence-corrected chi connectivity index (χ0v) is 15.9. The molecule has 0 aliphatic carbocycles. The third-order valence-corrected chi connectivity index (χ3v) is 6.04. The zero-order chi connectivity index (χ0) is 17.1. The van der Waals surface area contributed by atoms with Crippen molar-refractivity contribution in [3.63, 3.8) is 0 Å². The number of nitrogens with zero attached hydrogens (tertiary/aromatic N) is 2. The van der Waals surface area contributed by atoms with Gasteiger partial charge in [0.25, 0.3) is 0 Å². The molecule has 5 heteroatoms. The van der Waals surface area contributed by atoms with Crippen LogP contribution in [-0.2, 0) is 0 Å². The van der Waals surface area contributed by atoms with Gasteiger partial charge in [-0.05, 0) is 43.4 Å². The second-order valence-electron chi connectivity index (χ2n) is 6.10. The summed E-state index contributed by atoms with van der Waals surface area (Å²) in [5, 5.41) is 6.50. The molecule has 1 aliphatic rings. The molecule has 25 heavy (non-hydrogen) atoms. The van der Waals surface area contributed by atoms with Gasteiger partial charge in [-0.3, -0.25) is 0 Å². The van der Waals surface area contributed by atoms with Gasteiger partial charge in [0.15, 0.2) is 5.13 Å². The first kappa shape index (κ1) is 16.5. The number of benzene rings is 2. The van der Waals surface area contributed by atoms with Gasteiger partial charge in [0, 0.05) is 34.6 Å². The number of thiazole rings is 1. The highest BCUT2D eigenvalue weighted by molar-refractivity contribution is 7.98. The van der Waals surface area contributed by atoms with Crippen LogP contribution >= 0.6 is 23.1 Å². The molecular formula is C20H21N3S2. The first-order valence-electron chi connectivity index (χ1n) is 8.54. The quantitative estimate of drug-likeness (QED) is 0.570. The minimum Gasteiger partial charge on any atom is -0.372 e. The lowest BCUT2D eigenvalue weighted by Crippen LogP contribution is -2.17. The maximum atomic E-state index is 4.76. The average molecular weight is 368 g/mol. The van der Waals surface area contributed by atoms with Crippen LogP contribution in [0.3, 0.4) is 0 Å². The summed E-state index contributed by atoms with van der Waals surface area (Å²) >= 11 is 3.39. The van der Waals surface area contributed by atoms with E-state index in [1.807, 2.05) is 6.07 Å². The number of nitrogens with one attached hydrogen (secondary N) is 1. The van der Waals surface area contributed by atoms with Crippen molar-refractivity contribution in [2.24, 2.45) is 0 Å². The molecule has 1 fully saturated rings. The molecule has 1 saturated heterocycles. The Labute approximate surface area is 157 Å². The normalized spacial score (nSPS) is 14.0. The average Bonchev–Trinajstić information content (AvgIpc) is 3.34. The first-order valence-corrected chi connectivity index (χ1v) is 10.6. The molecule has 0 atom stereocenters. The van der Waals surface area contributed by atoms with Gasteiger partial charge in [-0.25, -0.2) is 4.98 Å². The van der Waals surface area contributed by atoms with Crippen LogP contribution < -0.4 is 10.2 Å². The topological polar surface area (TPSA) is 28.2 Å². The third-order valence-electron chi connectivity index (χ3n) is 4.49. The zero-order valence-electron chi connectivity index (χ0n) is 14.2. The van der Waals surface area contributed by atoms with Gasteiger partial charge >= 0.3 is 0 Å². The summed E-state index contributed by atoms with van der Waals surface area (Å²) in [6, 6.07) is 17.1. The molecule has 0 saturated carbocycles. The standard InChI is InChI=1S/C20H21N3S2/c1-24-19-7-3-2-6-17(19)21-20-22-18(14-25-20)15-8-10-16(11-9-15)23-12-4-5-13-23/h2-3,6-11,14H,4-5,12-13H2,1H3,(H,21,22). The fraction of sp³-hybridized carbons (Fsp3) is 0.250. The molecule has 3 nitrogen and oxygen atoms in total. The van der Waals surface area contributed by atoms with Crippen LogP contribution in [0.5, 0.6) is 0 Å². The molecule has 0 amide bonds. The highest BCUT2D eigenvalue weighted by Gasteiger charge is 2.12. The fourth-order valence-corrected chi connectivity index (χ4v) is 4.43. The molecule has 0 spiro atoms. The first-order chi connectivity index (χ1) is 12.3. The van der Waals surface area contributed by atoms with Crippen molar-refractivity contribution in [1.29, 1.82) is 0 Å². The van der Waals surface area contributed by atoms with Crippen molar-refractivity contribution >= 4 is 39.6 Å². The Hall–Kier alpha value is -1.98. The third kappa shape index (κ3) is 3.67. The summed E-state index contributed by atoms with van der Waals surface area (Å²) in [5.74, 6) is 0. The number of aromatic nitrogens is 1. The molecule has 1 aliphatic heterocycles. The van der Waals surface area contributed by atoms with E-state index in [-0.39, 0.29) is 0 Å². The van der Waals surface area contributed by atoms with Crippen molar-refractivity contribution < 1.29 is 0 Å². The van der Waals surface area contributed by atoms with Crippen LogP contribution in [0.25, 0.3) is 11.3 Å². The summed E-state index contributed by atoms with van der Waals surface area (Å²) in [6.45, 7) is 2.36. The minimum atomic E-state index is 0.931. The Morgan fingerprint density at radius 1 is 1.04 bits per heavy atom. The van der Waals surface area contributed by atoms with Gasteiger partial charge in [0.1, 0.15) is 0 Å². The second kappa shape index (κ2) is 7.50. The Kier molecular flexibility index (Phi) is 4.95. The van der Waals surface area contributed by atoms with Crippen LogP contribution in [0.15, 0.2) is 58.8 Å². The van der Waals surface area contributed by atoms with Crippen molar-refractivity contribution in [3.8, 4) is 11.3 Å². The van der Waals surface area contributed by atoms with Crippen LogP contribution in [0, 0.1) is 0 Å². The van der Waals surface area contributed by atoms with Crippen molar-refractivity contribution in [3.05, 3.63) is 53.9 Å². The summed E-state index contributed by atoms with van der Waals surface area (Å²) in [4.78, 5) is 8.45. The summed E-state index contributed by atoms with van der Waals surface area (Å²) in [6.07, 6.45) is 4.70. The Morgan fingerprint density at radius 2 is 1.80 bits per heavy atom. The van der Waals surface area contributed by atoms with Crippen molar-refractivity contribution in [2.45, 2.75) is 17.7 Å². The van der Waals surface area contributed by atoms with Crippen molar-refractivity contribution in [1.82, 2.24) is 4.98 Å². The molecule has 2 aromatic carbocycles. The molecular weight excluding hydrogens is 346 g/mol. The molecule has 3 aromatic rings. The summed E-state index contributed by atoms with van der Waals surface area (Å²) < 4.78 is 0. The lowest BCUT2D eigenvalue weighted by Gasteiger charge is -2.17. The number of thioether (sulfide) groups is 1. The SMILES string of the molecule is CSc1ccccc1Nc1nc(-c2ccc(N3CCCC3)cc2)cs1. The smallest absolute Gasteiger partial charge is 0.187 e. The fourth-order valence-electron chi connectivity index (χ4n) is 3.15. The molecule has 128 valence electrons. The molecule has 2 heterocycles. The molecule has 0 bridgehead atoms. The van der Waals surface area contributed by atoms with Crippen molar-refractivity contribution in [2.75, 3.05) is 29.6 Å². The Morgan fingerprint density at radius 3 is 2.56 bits per heavy atom. The van der Waals surface area contributed by atoms with E-state index < -0.39 is 0 Å².